The first-order chi connectivity index (χ1) is 10.5. The normalized spacial score (nSPS) is 13.2. The predicted octanol–water partition coefficient (Wildman–Crippen LogP) is 3.48. The van der Waals surface area contributed by atoms with E-state index < -0.39 is 11.7 Å². The van der Waals surface area contributed by atoms with Gasteiger partial charge in [0.25, 0.3) is 0 Å². The van der Waals surface area contributed by atoms with Crippen LogP contribution in [0.15, 0.2) is 36.5 Å². The number of ether oxygens (including phenoxy) is 2. The molecule has 2 heterocycles. The minimum atomic E-state index is -4.36. The lowest BCUT2D eigenvalue weighted by molar-refractivity contribution is -0.137. The highest BCUT2D eigenvalue weighted by atomic mass is 19.4. The van der Waals surface area contributed by atoms with Crippen molar-refractivity contribution in [2.24, 2.45) is 0 Å². The highest BCUT2D eigenvalue weighted by Gasteiger charge is 2.30. The molecule has 2 aromatic rings. The van der Waals surface area contributed by atoms with E-state index in [1.54, 1.807) is 0 Å². The molecule has 1 aliphatic heterocycles. The Balaban J connectivity index is 1.59. The van der Waals surface area contributed by atoms with Crippen LogP contribution in [-0.2, 0) is 12.6 Å². The SMILES string of the molecule is FC(F)(F)c1ccnc(NCCc2ccc3c(c2)OCO3)c1. The average molecular weight is 310 g/mol. The summed E-state index contributed by atoms with van der Waals surface area (Å²) >= 11 is 0. The Labute approximate surface area is 124 Å². The van der Waals surface area contributed by atoms with Gasteiger partial charge in [-0.15, -0.1) is 0 Å². The molecule has 0 bridgehead atoms. The summed E-state index contributed by atoms with van der Waals surface area (Å²) in [5, 5.41) is 2.89. The molecular weight excluding hydrogens is 297 g/mol. The van der Waals surface area contributed by atoms with Gasteiger partial charge >= 0.3 is 6.18 Å². The number of hydrogen-bond acceptors (Lipinski definition) is 4. The second kappa shape index (κ2) is 5.75. The van der Waals surface area contributed by atoms with Crippen LogP contribution >= 0.6 is 0 Å². The third-order valence-corrected chi connectivity index (χ3v) is 3.24. The van der Waals surface area contributed by atoms with E-state index in [2.05, 4.69) is 10.3 Å². The van der Waals surface area contributed by atoms with E-state index in [1.165, 1.54) is 0 Å². The fourth-order valence-electron chi connectivity index (χ4n) is 2.13. The summed E-state index contributed by atoms with van der Waals surface area (Å²) in [7, 11) is 0. The van der Waals surface area contributed by atoms with Crippen molar-refractivity contribution in [3.63, 3.8) is 0 Å². The van der Waals surface area contributed by atoms with Crippen LogP contribution in [0.3, 0.4) is 0 Å². The molecule has 1 aromatic heterocycles. The van der Waals surface area contributed by atoms with Crippen LogP contribution < -0.4 is 14.8 Å². The van der Waals surface area contributed by atoms with Crippen molar-refractivity contribution >= 4 is 5.82 Å². The zero-order valence-corrected chi connectivity index (χ0v) is 11.5. The molecule has 1 aromatic carbocycles. The number of benzene rings is 1. The van der Waals surface area contributed by atoms with Gasteiger partial charge in [-0.2, -0.15) is 13.2 Å². The molecule has 1 aliphatic rings. The third-order valence-electron chi connectivity index (χ3n) is 3.24. The molecule has 4 nitrogen and oxygen atoms in total. The number of hydrogen-bond donors (Lipinski definition) is 1. The quantitative estimate of drug-likeness (QED) is 0.939. The molecule has 0 aliphatic carbocycles. The van der Waals surface area contributed by atoms with Gasteiger partial charge in [0, 0.05) is 12.7 Å². The molecule has 0 unspecified atom stereocenters. The van der Waals surface area contributed by atoms with Gasteiger partial charge in [-0.1, -0.05) is 6.07 Å². The van der Waals surface area contributed by atoms with Crippen LogP contribution in [-0.4, -0.2) is 18.3 Å². The summed E-state index contributed by atoms with van der Waals surface area (Å²) in [4.78, 5) is 3.89. The van der Waals surface area contributed by atoms with Gasteiger partial charge in [0.2, 0.25) is 6.79 Å². The van der Waals surface area contributed by atoms with Gasteiger partial charge in [0.05, 0.1) is 5.56 Å². The Kier molecular flexibility index (Phi) is 3.79. The van der Waals surface area contributed by atoms with Gasteiger partial charge in [-0.3, -0.25) is 0 Å². The maximum atomic E-state index is 12.6. The van der Waals surface area contributed by atoms with E-state index in [1.807, 2.05) is 18.2 Å². The number of halogens is 3. The maximum Gasteiger partial charge on any atom is 0.416 e. The second-order valence-corrected chi connectivity index (χ2v) is 4.79. The minimum Gasteiger partial charge on any atom is -0.454 e. The van der Waals surface area contributed by atoms with Gasteiger partial charge < -0.3 is 14.8 Å². The van der Waals surface area contributed by atoms with Crippen molar-refractivity contribution in [3.05, 3.63) is 47.7 Å². The standard InChI is InChI=1S/C15H13F3N2O2/c16-15(17,18)11-4-6-20-14(8-11)19-5-3-10-1-2-12-13(7-10)22-9-21-12/h1-2,4,6-8H,3,5,9H2,(H,19,20). The molecule has 22 heavy (non-hydrogen) atoms. The van der Waals surface area contributed by atoms with Crippen LogP contribution in [0.1, 0.15) is 11.1 Å². The van der Waals surface area contributed by atoms with E-state index in [4.69, 9.17) is 9.47 Å². The Morgan fingerprint density at radius 2 is 1.91 bits per heavy atom. The molecule has 3 rings (SSSR count). The van der Waals surface area contributed by atoms with Crippen molar-refractivity contribution in [1.82, 2.24) is 4.98 Å². The molecular formula is C15H13F3N2O2. The third kappa shape index (κ3) is 3.24. The van der Waals surface area contributed by atoms with Crippen molar-refractivity contribution in [1.29, 1.82) is 0 Å². The summed E-state index contributed by atoms with van der Waals surface area (Å²) in [6.07, 6.45) is -2.59. The lowest BCUT2D eigenvalue weighted by atomic mass is 10.1. The Morgan fingerprint density at radius 3 is 2.73 bits per heavy atom. The van der Waals surface area contributed by atoms with Crippen LogP contribution in [0.2, 0.25) is 0 Å². The predicted molar refractivity (Wildman–Crippen MR) is 74.0 cm³/mol. The number of aromatic nitrogens is 1. The Hall–Kier alpha value is -2.44. The van der Waals surface area contributed by atoms with Crippen LogP contribution in [0.5, 0.6) is 11.5 Å². The lowest BCUT2D eigenvalue weighted by Crippen LogP contribution is -2.09. The van der Waals surface area contributed by atoms with Crippen molar-refractivity contribution in [2.75, 3.05) is 18.7 Å². The number of nitrogens with one attached hydrogen (secondary N) is 1. The molecule has 116 valence electrons. The first kappa shape index (κ1) is 14.5. The van der Waals surface area contributed by atoms with Gasteiger partial charge in [0.15, 0.2) is 11.5 Å². The zero-order chi connectivity index (χ0) is 15.6. The van der Waals surface area contributed by atoms with E-state index in [0.717, 1.165) is 23.9 Å². The molecule has 0 atom stereocenters. The first-order valence-corrected chi connectivity index (χ1v) is 6.68. The van der Waals surface area contributed by atoms with E-state index in [9.17, 15) is 13.2 Å². The van der Waals surface area contributed by atoms with E-state index in [-0.39, 0.29) is 12.6 Å². The maximum absolute atomic E-state index is 12.6. The van der Waals surface area contributed by atoms with Gasteiger partial charge in [-0.05, 0) is 36.2 Å². The topological polar surface area (TPSA) is 43.4 Å². The smallest absolute Gasteiger partial charge is 0.416 e. The number of anilines is 1. The highest BCUT2D eigenvalue weighted by Crippen LogP contribution is 2.32. The number of pyridine rings is 1. The summed E-state index contributed by atoms with van der Waals surface area (Å²) in [6, 6.07) is 7.53. The molecule has 0 radical (unpaired) electrons. The minimum absolute atomic E-state index is 0.204. The summed E-state index contributed by atoms with van der Waals surface area (Å²) in [6.45, 7) is 0.680. The number of fused-ring (bicyclic) bond motifs is 1. The molecule has 0 fully saturated rings. The van der Waals surface area contributed by atoms with E-state index >= 15 is 0 Å². The molecule has 1 N–H and O–H groups in total. The van der Waals surface area contributed by atoms with Gasteiger partial charge in [-0.25, -0.2) is 4.98 Å². The second-order valence-electron chi connectivity index (χ2n) is 4.79. The van der Waals surface area contributed by atoms with Gasteiger partial charge in [0.1, 0.15) is 5.82 Å². The van der Waals surface area contributed by atoms with Crippen molar-refractivity contribution < 1.29 is 22.6 Å². The monoisotopic (exact) mass is 310 g/mol. The number of alkyl halides is 3. The number of rotatable bonds is 4. The largest absolute Gasteiger partial charge is 0.454 e. The van der Waals surface area contributed by atoms with Crippen molar-refractivity contribution in [2.45, 2.75) is 12.6 Å². The summed E-state index contributed by atoms with van der Waals surface area (Å²) in [5.41, 5.74) is 0.289. The van der Waals surface area contributed by atoms with E-state index in [0.29, 0.717) is 24.5 Å². The fourth-order valence-corrected chi connectivity index (χ4v) is 2.13. The Bertz CT molecular complexity index is 674. The van der Waals surface area contributed by atoms with Crippen molar-refractivity contribution in [3.8, 4) is 11.5 Å². The molecule has 0 amide bonds. The average Bonchev–Trinajstić information content (AvgIpc) is 2.94. The first-order valence-electron chi connectivity index (χ1n) is 6.68. The molecule has 0 saturated heterocycles. The zero-order valence-electron chi connectivity index (χ0n) is 11.5. The van der Waals surface area contributed by atoms with Crippen LogP contribution in [0.4, 0.5) is 19.0 Å². The summed E-state index contributed by atoms with van der Waals surface area (Å²) in [5.74, 6) is 1.60. The number of nitrogens with zero attached hydrogens (tertiary/aromatic N) is 1. The van der Waals surface area contributed by atoms with Crippen LogP contribution in [0, 0.1) is 0 Å². The molecule has 0 spiro atoms. The summed E-state index contributed by atoms with van der Waals surface area (Å²) < 4.78 is 48.3. The molecule has 7 heteroatoms. The Morgan fingerprint density at radius 1 is 1.09 bits per heavy atom. The molecule has 0 saturated carbocycles. The lowest BCUT2D eigenvalue weighted by Gasteiger charge is -2.10. The highest BCUT2D eigenvalue weighted by molar-refractivity contribution is 5.45. The fraction of sp³-hybridized carbons (Fsp3) is 0.267. The van der Waals surface area contributed by atoms with Crippen LogP contribution in [0.25, 0.3) is 0 Å².